The van der Waals surface area contributed by atoms with E-state index in [0.29, 0.717) is 48.5 Å². The van der Waals surface area contributed by atoms with Gasteiger partial charge in [0, 0.05) is 36.5 Å². The second-order valence-electron chi connectivity index (χ2n) is 11.5. The number of rotatable bonds is 13. The summed E-state index contributed by atoms with van der Waals surface area (Å²) in [6.45, 7) is 1.85. The molecule has 6 rings (SSSR count). The Balaban J connectivity index is 0.00000400. The van der Waals surface area contributed by atoms with Gasteiger partial charge in [0.15, 0.2) is 35.7 Å². The molecule has 0 aliphatic carbocycles. The van der Waals surface area contributed by atoms with Crippen molar-refractivity contribution >= 4 is 34.5 Å². The van der Waals surface area contributed by atoms with Gasteiger partial charge in [-0.05, 0) is 54.5 Å². The monoisotopic (exact) mass is 656 g/mol. The molecule has 3 N–H and O–H groups in total. The fourth-order valence-electron chi connectivity index (χ4n) is 6.48. The highest BCUT2D eigenvalue weighted by atomic mass is 35.5. The molecule has 45 heavy (non-hydrogen) atoms. The van der Waals surface area contributed by atoms with Gasteiger partial charge in [0.25, 0.3) is 0 Å². The molecule has 0 spiro atoms. The van der Waals surface area contributed by atoms with Gasteiger partial charge in [-0.2, -0.15) is 16.3 Å². The SMILES string of the molecule is COc1cc2c(cc1OC)-c1cc3ccc(OC)c(OCCCNC(=O)CCCC[C@@H]4SC[C@@H]5NC(=O)N[C@@H]54)c3c[n+]1CC2.[Cl-]. The van der Waals surface area contributed by atoms with Gasteiger partial charge in [0.05, 0.1) is 51.0 Å². The summed E-state index contributed by atoms with van der Waals surface area (Å²) >= 11 is 1.91. The number of hydrogen-bond donors (Lipinski definition) is 3. The average molecular weight is 657 g/mol. The van der Waals surface area contributed by atoms with Crippen LogP contribution in [0.4, 0.5) is 4.79 Å². The van der Waals surface area contributed by atoms with Gasteiger partial charge in [0.2, 0.25) is 11.6 Å². The average Bonchev–Trinajstić information content (AvgIpc) is 3.60. The number of pyridine rings is 1. The molecule has 2 saturated heterocycles. The van der Waals surface area contributed by atoms with Crippen LogP contribution in [0.15, 0.2) is 36.5 Å². The Kier molecular flexibility index (Phi) is 10.7. The highest BCUT2D eigenvalue weighted by molar-refractivity contribution is 8.00. The molecule has 3 aliphatic heterocycles. The van der Waals surface area contributed by atoms with Gasteiger partial charge >= 0.3 is 6.03 Å². The molecule has 242 valence electrons. The number of hydrogen-bond acceptors (Lipinski definition) is 7. The van der Waals surface area contributed by atoms with E-state index in [1.807, 2.05) is 17.8 Å². The highest BCUT2D eigenvalue weighted by Crippen LogP contribution is 2.40. The van der Waals surface area contributed by atoms with E-state index in [-0.39, 0.29) is 36.4 Å². The van der Waals surface area contributed by atoms with Gasteiger partial charge in [-0.25, -0.2) is 4.79 Å². The smallest absolute Gasteiger partial charge is 0.315 e. The number of nitrogens with zero attached hydrogens (tertiary/aromatic N) is 1. The van der Waals surface area contributed by atoms with E-state index in [1.54, 1.807) is 21.3 Å². The number of amides is 3. The second kappa shape index (κ2) is 14.7. The maximum Gasteiger partial charge on any atom is 0.315 e. The van der Waals surface area contributed by atoms with Crippen LogP contribution < -0.4 is 51.9 Å². The van der Waals surface area contributed by atoms with Crippen molar-refractivity contribution in [3.05, 3.63) is 42.1 Å². The number of fused-ring (bicyclic) bond motifs is 5. The van der Waals surface area contributed by atoms with Crippen LogP contribution in [0.2, 0.25) is 0 Å². The van der Waals surface area contributed by atoms with E-state index in [1.165, 1.54) is 5.56 Å². The van der Waals surface area contributed by atoms with Gasteiger partial charge in [-0.15, -0.1) is 0 Å². The molecule has 2 aromatic carbocycles. The summed E-state index contributed by atoms with van der Waals surface area (Å²) in [5.41, 5.74) is 3.49. The van der Waals surface area contributed by atoms with Crippen LogP contribution >= 0.6 is 11.8 Å². The van der Waals surface area contributed by atoms with E-state index < -0.39 is 0 Å². The van der Waals surface area contributed by atoms with E-state index in [2.05, 4.69) is 51.0 Å². The number of carbonyl (C=O) groups excluding carboxylic acids is 2. The predicted octanol–water partition coefficient (Wildman–Crippen LogP) is 0.991. The molecular weight excluding hydrogens is 616 g/mol. The zero-order valence-corrected chi connectivity index (χ0v) is 27.5. The van der Waals surface area contributed by atoms with E-state index in [9.17, 15) is 9.59 Å². The first-order chi connectivity index (χ1) is 21.5. The van der Waals surface area contributed by atoms with Crippen molar-refractivity contribution in [2.24, 2.45) is 0 Å². The van der Waals surface area contributed by atoms with Crippen molar-refractivity contribution in [1.82, 2.24) is 16.0 Å². The third-order valence-corrected chi connectivity index (χ3v) is 10.3. The zero-order chi connectivity index (χ0) is 30.6. The largest absolute Gasteiger partial charge is 1.00 e. The number of thioether (sulfide) groups is 1. The Bertz CT molecular complexity index is 1560. The topological polar surface area (TPSA) is 111 Å². The van der Waals surface area contributed by atoms with E-state index in [0.717, 1.165) is 65.8 Å². The fourth-order valence-corrected chi connectivity index (χ4v) is 8.02. The zero-order valence-electron chi connectivity index (χ0n) is 26.0. The molecule has 12 heteroatoms. The number of urea groups is 1. The molecule has 4 heterocycles. The number of methoxy groups -OCH3 is 3. The van der Waals surface area contributed by atoms with Gasteiger partial charge in [-0.1, -0.05) is 6.42 Å². The molecule has 10 nitrogen and oxygen atoms in total. The number of carbonyl (C=O) groups is 2. The van der Waals surface area contributed by atoms with Crippen molar-refractivity contribution in [2.75, 3.05) is 40.2 Å². The molecule has 1 aromatic heterocycles. The van der Waals surface area contributed by atoms with Crippen LogP contribution in [-0.2, 0) is 17.8 Å². The number of benzene rings is 2. The van der Waals surface area contributed by atoms with Gasteiger partial charge in [0.1, 0.15) is 0 Å². The van der Waals surface area contributed by atoms with Crippen LogP contribution in [0.25, 0.3) is 22.0 Å². The lowest BCUT2D eigenvalue weighted by atomic mass is 9.95. The summed E-state index contributed by atoms with van der Waals surface area (Å²) < 4.78 is 25.3. The minimum absolute atomic E-state index is 0. The van der Waals surface area contributed by atoms with Gasteiger partial charge < -0.3 is 47.3 Å². The molecule has 2 fully saturated rings. The maximum atomic E-state index is 12.4. The molecule has 3 aliphatic rings. The van der Waals surface area contributed by atoms with Crippen molar-refractivity contribution in [3.8, 4) is 34.3 Å². The Hall–Kier alpha value is -3.57. The number of unbranched alkanes of at least 4 members (excludes halogenated alkanes) is 1. The van der Waals surface area contributed by atoms with Crippen LogP contribution in [0, 0.1) is 0 Å². The molecule has 0 unspecified atom stereocenters. The molecule has 3 atom stereocenters. The van der Waals surface area contributed by atoms with E-state index in [4.69, 9.17) is 18.9 Å². The van der Waals surface area contributed by atoms with Crippen LogP contribution in [0.5, 0.6) is 23.0 Å². The lowest BCUT2D eigenvalue weighted by molar-refractivity contribution is -0.686. The molecule has 0 saturated carbocycles. The molecule has 3 amide bonds. The first kappa shape index (κ1) is 32.8. The summed E-state index contributed by atoms with van der Waals surface area (Å²) in [4.78, 5) is 24.0. The molecular formula is C33H41ClN4O6S. The molecule has 0 radical (unpaired) electrons. The van der Waals surface area contributed by atoms with Crippen LogP contribution in [-0.4, -0.2) is 69.5 Å². The Labute approximate surface area is 274 Å². The quantitative estimate of drug-likeness (QED) is 0.143. The summed E-state index contributed by atoms with van der Waals surface area (Å²) in [6, 6.07) is 10.7. The molecule has 0 bridgehead atoms. The third-order valence-electron chi connectivity index (χ3n) is 8.78. The Morgan fingerprint density at radius 3 is 2.62 bits per heavy atom. The Morgan fingerprint density at radius 2 is 1.82 bits per heavy atom. The van der Waals surface area contributed by atoms with Crippen molar-refractivity contribution in [2.45, 2.75) is 62.4 Å². The van der Waals surface area contributed by atoms with Crippen LogP contribution in [0.3, 0.4) is 0 Å². The minimum atomic E-state index is -0.0560. The van der Waals surface area contributed by atoms with Crippen molar-refractivity contribution < 1.29 is 45.5 Å². The third kappa shape index (κ3) is 6.99. The van der Waals surface area contributed by atoms with Crippen molar-refractivity contribution in [1.29, 1.82) is 0 Å². The van der Waals surface area contributed by atoms with Gasteiger partial charge in [-0.3, -0.25) is 4.79 Å². The minimum Gasteiger partial charge on any atom is -1.00 e. The summed E-state index contributed by atoms with van der Waals surface area (Å²) in [5, 5.41) is 11.5. The van der Waals surface area contributed by atoms with Crippen LogP contribution in [0.1, 0.15) is 37.7 Å². The maximum absolute atomic E-state index is 12.4. The van der Waals surface area contributed by atoms with Crippen molar-refractivity contribution in [3.63, 3.8) is 0 Å². The number of aryl methyl sites for hydroxylation is 2. The Morgan fingerprint density at radius 1 is 1.02 bits per heavy atom. The number of aromatic nitrogens is 1. The second-order valence-corrected chi connectivity index (χ2v) is 12.8. The number of halogens is 1. The number of ether oxygens (including phenoxy) is 4. The summed E-state index contributed by atoms with van der Waals surface area (Å²) in [5.74, 6) is 3.88. The van der Waals surface area contributed by atoms with E-state index >= 15 is 0 Å². The predicted molar refractivity (Wildman–Crippen MR) is 170 cm³/mol. The number of nitrogens with one attached hydrogen (secondary N) is 3. The fraction of sp³-hybridized carbons (Fsp3) is 0.485. The summed E-state index contributed by atoms with van der Waals surface area (Å²) in [7, 11) is 4.97. The molecule has 3 aromatic rings. The highest BCUT2D eigenvalue weighted by Gasteiger charge is 2.42. The first-order valence-corrected chi connectivity index (χ1v) is 16.4. The lowest BCUT2D eigenvalue weighted by Gasteiger charge is -2.19. The lowest BCUT2D eigenvalue weighted by Crippen LogP contribution is -3.00. The standard InChI is InChI=1S/C33H40N4O6S.ClH/c1-40-26-10-9-20-15-25-22-17-28(42-3)27(41-2)16-21(22)11-13-37(25)18-23(20)32(26)43-14-6-12-34-30(38)8-5-4-7-29-31-24(19-44-29)35-33(39)36-31;/h9-10,15-18,24,29,31H,4-8,11-14,19H2,1-3H3,(H2-,34,35,36,38,39);1H/t24-,29-,31-;/m0./s1. The first-order valence-electron chi connectivity index (χ1n) is 15.4. The normalized spacial score (nSPS) is 19.4. The summed E-state index contributed by atoms with van der Waals surface area (Å²) in [6.07, 6.45) is 7.06.